The fourth-order valence-electron chi connectivity index (χ4n) is 0.645. The molecule has 0 amide bonds. The van der Waals surface area contributed by atoms with Crippen molar-refractivity contribution in [1.82, 2.24) is 0 Å². The highest BCUT2D eigenvalue weighted by atomic mass is 16.3. The largest absolute Gasteiger partial charge is 0.396 e. The summed E-state index contributed by atoms with van der Waals surface area (Å²) < 4.78 is 0. The quantitative estimate of drug-likeness (QED) is 0.405. The Labute approximate surface area is 66.1 Å². The number of rotatable bonds is 5. The van der Waals surface area contributed by atoms with Crippen molar-refractivity contribution in [1.29, 1.82) is 0 Å². The average Bonchev–Trinajstić information content (AvgIpc) is 1.99. The molecule has 0 aromatic rings. The summed E-state index contributed by atoms with van der Waals surface area (Å²) in [6.45, 7) is 0.956. The van der Waals surface area contributed by atoms with Crippen molar-refractivity contribution in [2.24, 2.45) is 0 Å². The zero-order valence-corrected chi connectivity index (χ0v) is 6.56. The molecule has 4 nitrogen and oxygen atoms in total. The van der Waals surface area contributed by atoms with Crippen molar-refractivity contribution in [3.63, 3.8) is 0 Å². The third kappa shape index (κ3) is 4.31. The normalized spacial score (nSPS) is 16.9. The second kappa shape index (κ2) is 5.49. The topological polar surface area (TPSA) is 80.9 Å². The van der Waals surface area contributed by atoms with Gasteiger partial charge < -0.3 is 20.4 Å². The van der Waals surface area contributed by atoms with E-state index in [0.717, 1.165) is 0 Å². The van der Waals surface area contributed by atoms with Gasteiger partial charge in [0.1, 0.15) is 0 Å². The number of aliphatic hydroxyl groups is 4. The summed E-state index contributed by atoms with van der Waals surface area (Å²) in [5.41, 5.74) is 0. The molecule has 0 saturated carbocycles. The van der Waals surface area contributed by atoms with E-state index in [2.05, 4.69) is 0 Å². The molecule has 0 aliphatic heterocycles. The lowest BCUT2D eigenvalue weighted by Crippen LogP contribution is -2.27. The summed E-state index contributed by atoms with van der Waals surface area (Å²) in [4.78, 5) is 0. The van der Waals surface area contributed by atoms with Gasteiger partial charge in [0, 0.05) is 5.92 Å². The molecule has 2 unspecified atom stereocenters. The van der Waals surface area contributed by atoms with E-state index in [4.69, 9.17) is 20.4 Å². The summed E-state index contributed by atoms with van der Waals surface area (Å²) in [5, 5.41) is 35.0. The molecule has 0 saturated heterocycles. The summed E-state index contributed by atoms with van der Waals surface area (Å²) in [6.07, 6.45) is -1.59. The maximum Gasteiger partial charge on any atom is 0.0803 e. The molecule has 4 N–H and O–H groups in total. The molecule has 0 rings (SSSR count). The van der Waals surface area contributed by atoms with E-state index in [1.807, 2.05) is 0 Å². The number of aliphatic hydroxyl groups excluding tert-OH is 4. The van der Waals surface area contributed by atoms with E-state index in [9.17, 15) is 0 Å². The van der Waals surface area contributed by atoms with Crippen LogP contribution < -0.4 is 0 Å². The highest BCUT2D eigenvalue weighted by molar-refractivity contribution is 4.91. The fourth-order valence-corrected chi connectivity index (χ4v) is 0.645. The highest BCUT2D eigenvalue weighted by Gasteiger charge is 2.17. The second-order valence-corrected chi connectivity index (χ2v) is 2.58. The zero-order chi connectivity index (χ0) is 8.85. The van der Waals surface area contributed by atoms with E-state index in [1.54, 1.807) is 0 Å². The van der Waals surface area contributed by atoms with Gasteiger partial charge in [-0.2, -0.15) is 0 Å². The predicted octanol–water partition coefficient (Wildman–Crippen LogP) is -1.32. The smallest absolute Gasteiger partial charge is 0.0803 e. The Balaban J connectivity index is 3.62. The van der Waals surface area contributed by atoms with Crippen LogP contribution in [0.1, 0.15) is 13.3 Å². The monoisotopic (exact) mass is 163 g/mol. The molecule has 1 radical (unpaired) electrons. The number of hydrogen-bond donors (Lipinski definition) is 4. The number of hydrogen-bond acceptors (Lipinski definition) is 4. The lowest BCUT2D eigenvalue weighted by atomic mass is 10.0. The van der Waals surface area contributed by atoms with Gasteiger partial charge in [0.25, 0.3) is 0 Å². The van der Waals surface area contributed by atoms with Crippen molar-refractivity contribution in [3.05, 3.63) is 5.92 Å². The lowest BCUT2D eigenvalue weighted by Gasteiger charge is -2.17. The maximum absolute atomic E-state index is 9.07. The molecule has 67 valence electrons. The molecule has 0 aliphatic rings. The van der Waals surface area contributed by atoms with Crippen LogP contribution in [0.15, 0.2) is 0 Å². The van der Waals surface area contributed by atoms with E-state index >= 15 is 0 Å². The third-order valence-electron chi connectivity index (χ3n) is 1.50. The second-order valence-electron chi connectivity index (χ2n) is 2.58. The summed E-state index contributed by atoms with van der Waals surface area (Å²) in [5.74, 6) is 0.429. The lowest BCUT2D eigenvalue weighted by molar-refractivity contribution is 0.0233. The van der Waals surface area contributed by atoms with Gasteiger partial charge in [0.15, 0.2) is 0 Å². The van der Waals surface area contributed by atoms with Gasteiger partial charge in [-0.15, -0.1) is 0 Å². The van der Waals surface area contributed by atoms with Crippen LogP contribution >= 0.6 is 0 Å². The van der Waals surface area contributed by atoms with Crippen molar-refractivity contribution < 1.29 is 20.4 Å². The van der Waals surface area contributed by atoms with Crippen LogP contribution in [0.5, 0.6) is 0 Å². The minimum Gasteiger partial charge on any atom is -0.396 e. The Bertz CT molecular complexity index is 90.4. The van der Waals surface area contributed by atoms with Crippen LogP contribution in [-0.4, -0.2) is 45.8 Å². The molecule has 0 spiro atoms. The van der Waals surface area contributed by atoms with Crippen LogP contribution in [0.4, 0.5) is 0 Å². The summed E-state index contributed by atoms with van der Waals surface area (Å²) >= 11 is 0. The Morgan fingerprint density at radius 3 is 1.91 bits per heavy atom. The molecular formula is C7H15O4. The molecule has 0 aromatic heterocycles. The van der Waals surface area contributed by atoms with Crippen LogP contribution in [0.2, 0.25) is 0 Å². The average molecular weight is 163 g/mol. The van der Waals surface area contributed by atoms with Crippen molar-refractivity contribution in [2.45, 2.75) is 25.6 Å². The van der Waals surface area contributed by atoms with Crippen LogP contribution in [0.25, 0.3) is 0 Å². The Morgan fingerprint density at radius 2 is 1.64 bits per heavy atom. The third-order valence-corrected chi connectivity index (χ3v) is 1.50. The standard InChI is InChI=1S/C7H15O4/c1-5(10)7(11)2-6(3-8)4-9/h5,7-11H,2-4H2,1H3. The molecule has 0 aliphatic carbocycles. The fraction of sp³-hybridized carbons (Fsp3) is 0.857. The first-order valence-corrected chi connectivity index (χ1v) is 3.53. The van der Waals surface area contributed by atoms with Crippen molar-refractivity contribution in [2.75, 3.05) is 13.2 Å². The minimum absolute atomic E-state index is 0.144. The first-order chi connectivity index (χ1) is 5.11. The summed E-state index contributed by atoms with van der Waals surface area (Å²) in [6, 6.07) is 0. The highest BCUT2D eigenvalue weighted by Crippen LogP contribution is 2.09. The minimum atomic E-state index is -0.899. The molecular weight excluding hydrogens is 148 g/mol. The Morgan fingerprint density at radius 1 is 1.18 bits per heavy atom. The Hall–Kier alpha value is -0.160. The molecule has 2 atom stereocenters. The maximum atomic E-state index is 9.07. The van der Waals surface area contributed by atoms with Gasteiger partial charge in [-0.1, -0.05) is 0 Å². The Kier molecular flexibility index (Phi) is 5.41. The molecule has 0 fully saturated rings. The van der Waals surface area contributed by atoms with E-state index in [1.165, 1.54) is 6.92 Å². The van der Waals surface area contributed by atoms with Crippen molar-refractivity contribution >= 4 is 0 Å². The van der Waals surface area contributed by atoms with E-state index in [0.29, 0.717) is 5.92 Å². The molecule has 0 heterocycles. The summed E-state index contributed by atoms with van der Waals surface area (Å²) in [7, 11) is 0. The van der Waals surface area contributed by atoms with E-state index in [-0.39, 0.29) is 19.6 Å². The molecule has 0 aromatic carbocycles. The van der Waals surface area contributed by atoms with Gasteiger partial charge in [-0.3, -0.25) is 0 Å². The SMILES string of the molecule is CC(O)C(O)C[C](CO)CO. The van der Waals surface area contributed by atoms with Gasteiger partial charge in [-0.25, -0.2) is 0 Å². The van der Waals surface area contributed by atoms with Gasteiger partial charge in [0.2, 0.25) is 0 Å². The first-order valence-electron chi connectivity index (χ1n) is 3.53. The van der Waals surface area contributed by atoms with Crippen LogP contribution in [-0.2, 0) is 0 Å². The van der Waals surface area contributed by atoms with Crippen LogP contribution in [0, 0.1) is 5.92 Å². The van der Waals surface area contributed by atoms with Gasteiger partial charge >= 0.3 is 0 Å². The predicted molar refractivity (Wildman–Crippen MR) is 39.7 cm³/mol. The molecule has 4 heteroatoms. The first kappa shape index (κ1) is 10.8. The zero-order valence-electron chi connectivity index (χ0n) is 6.56. The van der Waals surface area contributed by atoms with E-state index < -0.39 is 12.2 Å². The van der Waals surface area contributed by atoms with Crippen molar-refractivity contribution in [3.8, 4) is 0 Å². The molecule has 0 bridgehead atoms. The van der Waals surface area contributed by atoms with Crippen LogP contribution in [0.3, 0.4) is 0 Å². The van der Waals surface area contributed by atoms with Gasteiger partial charge in [0.05, 0.1) is 25.4 Å². The molecule has 11 heavy (non-hydrogen) atoms. The van der Waals surface area contributed by atoms with Gasteiger partial charge in [-0.05, 0) is 13.3 Å².